The molecule has 0 saturated carbocycles. The second kappa shape index (κ2) is 4.42. The maximum absolute atomic E-state index is 12.3. The van der Waals surface area contributed by atoms with Crippen molar-refractivity contribution in [1.82, 2.24) is 0 Å². The number of carbonyl (C=O) groups is 1. The Balaban J connectivity index is 3.52. The summed E-state index contributed by atoms with van der Waals surface area (Å²) >= 11 is 3.18. The Kier molecular flexibility index (Phi) is 3.69. The zero-order chi connectivity index (χ0) is 13.4. The van der Waals surface area contributed by atoms with Gasteiger partial charge in [0.05, 0.1) is 4.90 Å². The zero-order valence-corrected chi connectivity index (χ0v) is 12.1. The Morgan fingerprint density at radius 1 is 1.35 bits per heavy atom. The molecule has 0 spiro atoms. The molecule has 0 aliphatic rings. The number of benzene rings is 1. The van der Waals surface area contributed by atoms with Gasteiger partial charge < -0.3 is 5.11 Å². The normalized spacial score (nSPS) is 12.5. The molecule has 0 bridgehead atoms. The van der Waals surface area contributed by atoms with Crippen molar-refractivity contribution >= 4 is 31.7 Å². The number of halogens is 1. The van der Waals surface area contributed by atoms with Crippen LogP contribution >= 0.6 is 15.9 Å². The molecule has 6 heteroatoms. The lowest BCUT2D eigenvalue weighted by molar-refractivity contribution is -0.139. The third kappa shape index (κ3) is 2.37. The van der Waals surface area contributed by atoms with Crippen LogP contribution in [0.4, 0.5) is 0 Å². The van der Waals surface area contributed by atoms with Crippen molar-refractivity contribution in [3.05, 3.63) is 28.2 Å². The molecule has 94 valence electrons. The largest absolute Gasteiger partial charge is 0.480 e. The summed E-state index contributed by atoms with van der Waals surface area (Å²) in [5.41, 5.74) is 0.530. The molecular formula is C11H13BrO4S. The number of sulfone groups is 1. The number of hydrogen-bond donors (Lipinski definition) is 1. The molecule has 0 fully saturated rings. The molecule has 17 heavy (non-hydrogen) atoms. The van der Waals surface area contributed by atoms with Crippen LogP contribution in [0.15, 0.2) is 27.6 Å². The minimum absolute atomic E-state index is 0.0410. The first-order valence-corrected chi connectivity index (χ1v) is 7.12. The van der Waals surface area contributed by atoms with Crippen LogP contribution < -0.4 is 0 Å². The van der Waals surface area contributed by atoms with Crippen molar-refractivity contribution < 1.29 is 18.3 Å². The molecule has 1 rings (SSSR count). The van der Waals surface area contributed by atoms with Crippen molar-refractivity contribution in [3.8, 4) is 0 Å². The lowest BCUT2D eigenvalue weighted by Gasteiger charge is -2.21. The van der Waals surface area contributed by atoms with Crippen LogP contribution in [0.2, 0.25) is 0 Å². The van der Waals surface area contributed by atoms with Crippen molar-refractivity contribution in [1.29, 1.82) is 0 Å². The topological polar surface area (TPSA) is 71.4 Å². The summed E-state index contributed by atoms with van der Waals surface area (Å²) in [5.74, 6) is -1.36. The number of rotatable bonds is 3. The van der Waals surface area contributed by atoms with Gasteiger partial charge in [-0.25, -0.2) is 8.42 Å². The Labute approximate surface area is 109 Å². The standard InChI is InChI=1S/C11H13BrO4S/c1-7-4-5-8(12)6-9(7)17(15,16)11(2,3)10(13)14/h4-6H,1-3H3,(H,13,14). The van der Waals surface area contributed by atoms with Gasteiger partial charge in [0.1, 0.15) is 0 Å². The lowest BCUT2D eigenvalue weighted by atomic mass is 10.2. The van der Waals surface area contributed by atoms with Crippen LogP contribution in [0.3, 0.4) is 0 Å². The van der Waals surface area contributed by atoms with Crippen LogP contribution in [0.5, 0.6) is 0 Å². The molecular weight excluding hydrogens is 308 g/mol. The SMILES string of the molecule is Cc1ccc(Br)cc1S(=O)(=O)C(C)(C)C(=O)O. The summed E-state index contributed by atoms with van der Waals surface area (Å²) in [5, 5.41) is 9.01. The average molecular weight is 321 g/mol. The highest BCUT2D eigenvalue weighted by Crippen LogP contribution is 2.30. The van der Waals surface area contributed by atoms with Crippen LogP contribution in [-0.4, -0.2) is 24.2 Å². The summed E-state index contributed by atoms with van der Waals surface area (Å²) in [6, 6.07) is 4.77. The van der Waals surface area contributed by atoms with E-state index in [0.717, 1.165) is 0 Å². The van der Waals surface area contributed by atoms with E-state index in [1.165, 1.54) is 19.9 Å². The van der Waals surface area contributed by atoms with E-state index < -0.39 is 20.6 Å². The predicted molar refractivity (Wildman–Crippen MR) is 67.8 cm³/mol. The highest BCUT2D eigenvalue weighted by Gasteiger charge is 2.43. The third-order valence-electron chi connectivity index (χ3n) is 2.63. The maximum Gasteiger partial charge on any atom is 0.324 e. The molecule has 1 aromatic carbocycles. The summed E-state index contributed by atoms with van der Waals surface area (Å²) in [6.07, 6.45) is 0. The number of hydrogen-bond acceptors (Lipinski definition) is 3. The van der Waals surface area contributed by atoms with Crippen LogP contribution in [0, 0.1) is 6.92 Å². The van der Waals surface area contributed by atoms with E-state index in [-0.39, 0.29) is 4.90 Å². The van der Waals surface area contributed by atoms with Crippen molar-refractivity contribution in [2.24, 2.45) is 0 Å². The summed E-state index contributed by atoms with van der Waals surface area (Å²) in [4.78, 5) is 11.1. The molecule has 0 saturated heterocycles. The van der Waals surface area contributed by atoms with E-state index in [4.69, 9.17) is 5.11 Å². The summed E-state index contributed by atoms with van der Waals surface area (Å²) in [7, 11) is -3.92. The Morgan fingerprint density at radius 3 is 2.35 bits per heavy atom. The monoisotopic (exact) mass is 320 g/mol. The van der Waals surface area contributed by atoms with Crippen molar-refractivity contribution in [2.45, 2.75) is 30.4 Å². The fourth-order valence-electron chi connectivity index (χ4n) is 1.25. The number of carboxylic acids is 1. The van der Waals surface area contributed by atoms with Gasteiger partial charge in [-0.1, -0.05) is 22.0 Å². The molecule has 0 unspecified atom stereocenters. The molecule has 0 heterocycles. The number of aliphatic carboxylic acids is 1. The fraction of sp³-hybridized carbons (Fsp3) is 0.364. The molecule has 0 atom stereocenters. The summed E-state index contributed by atoms with van der Waals surface area (Å²) in [6.45, 7) is 4.01. The van der Waals surface area contributed by atoms with E-state index in [9.17, 15) is 13.2 Å². The second-order valence-electron chi connectivity index (χ2n) is 4.23. The van der Waals surface area contributed by atoms with Crippen LogP contribution in [0.25, 0.3) is 0 Å². The van der Waals surface area contributed by atoms with Gasteiger partial charge in [-0.15, -0.1) is 0 Å². The Hall–Kier alpha value is -0.880. The zero-order valence-electron chi connectivity index (χ0n) is 9.69. The van der Waals surface area contributed by atoms with Gasteiger partial charge in [-0.2, -0.15) is 0 Å². The first kappa shape index (κ1) is 14.2. The molecule has 0 aliphatic carbocycles. The van der Waals surface area contributed by atoms with Crippen LogP contribution in [-0.2, 0) is 14.6 Å². The van der Waals surface area contributed by atoms with Gasteiger partial charge in [0.15, 0.2) is 14.6 Å². The minimum atomic E-state index is -3.92. The fourth-order valence-corrected chi connectivity index (χ4v) is 3.32. The molecule has 0 radical (unpaired) electrons. The number of aryl methyl sites for hydroxylation is 1. The van der Waals surface area contributed by atoms with Gasteiger partial charge >= 0.3 is 5.97 Å². The first-order chi connectivity index (χ1) is 7.60. The second-order valence-corrected chi connectivity index (χ2v) is 7.61. The quantitative estimate of drug-likeness (QED) is 0.928. The number of carboxylic acid groups (broad SMARTS) is 1. The average Bonchev–Trinajstić information content (AvgIpc) is 2.21. The third-order valence-corrected chi connectivity index (χ3v) is 5.66. The lowest BCUT2D eigenvalue weighted by Crippen LogP contribution is -2.40. The van der Waals surface area contributed by atoms with Gasteiger partial charge in [0.2, 0.25) is 0 Å². The molecule has 0 amide bonds. The van der Waals surface area contributed by atoms with Crippen LogP contribution in [0.1, 0.15) is 19.4 Å². The molecule has 0 aromatic heterocycles. The summed E-state index contributed by atoms with van der Waals surface area (Å²) < 4.78 is 23.3. The highest BCUT2D eigenvalue weighted by molar-refractivity contribution is 9.10. The highest BCUT2D eigenvalue weighted by atomic mass is 79.9. The van der Waals surface area contributed by atoms with E-state index in [1.54, 1.807) is 19.1 Å². The van der Waals surface area contributed by atoms with E-state index in [2.05, 4.69) is 15.9 Å². The molecule has 1 N–H and O–H groups in total. The van der Waals surface area contributed by atoms with E-state index in [0.29, 0.717) is 10.0 Å². The van der Waals surface area contributed by atoms with Gasteiger partial charge in [-0.3, -0.25) is 4.79 Å². The Bertz CT molecular complexity index is 561. The van der Waals surface area contributed by atoms with Gasteiger partial charge in [-0.05, 0) is 38.5 Å². The van der Waals surface area contributed by atoms with Gasteiger partial charge in [0.25, 0.3) is 0 Å². The van der Waals surface area contributed by atoms with E-state index in [1.807, 2.05) is 0 Å². The minimum Gasteiger partial charge on any atom is -0.480 e. The van der Waals surface area contributed by atoms with Crippen molar-refractivity contribution in [3.63, 3.8) is 0 Å². The Morgan fingerprint density at radius 2 is 1.88 bits per heavy atom. The molecule has 4 nitrogen and oxygen atoms in total. The smallest absolute Gasteiger partial charge is 0.324 e. The molecule has 1 aromatic rings. The maximum atomic E-state index is 12.3. The first-order valence-electron chi connectivity index (χ1n) is 4.85. The van der Waals surface area contributed by atoms with Gasteiger partial charge in [0, 0.05) is 4.47 Å². The predicted octanol–water partition coefficient (Wildman–Crippen LogP) is 2.39. The van der Waals surface area contributed by atoms with E-state index >= 15 is 0 Å². The molecule has 0 aliphatic heterocycles. The van der Waals surface area contributed by atoms with Crippen molar-refractivity contribution in [2.75, 3.05) is 0 Å².